The minimum absolute atomic E-state index is 0.0530. The minimum Gasteiger partial charge on any atom is -0.459 e. The Bertz CT molecular complexity index is 793. The van der Waals surface area contributed by atoms with Crippen LogP contribution in [0.15, 0.2) is 60.7 Å². The van der Waals surface area contributed by atoms with Crippen LogP contribution in [-0.2, 0) is 18.9 Å². The highest BCUT2D eigenvalue weighted by molar-refractivity contribution is 5.89. The Hall–Kier alpha value is -2.74. The summed E-state index contributed by atoms with van der Waals surface area (Å²) in [5.74, 6) is -2.88. The zero-order valence-corrected chi connectivity index (χ0v) is 15.4. The van der Waals surface area contributed by atoms with Crippen LogP contribution in [0.2, 0.25) is 0 Å². The Labute approximate surface area is 162 Å². The molecule has 1 heterocycles. The van der Waals surface area contributed by atoms with Gasteiger partial charge in [0.25, 0.3) is 0 Å². The first-order chi connectivity index (χ1) is 13.5. The van der Waals surface area contributed by atoms with E-state index in [1.807, 2.05) is 0 Å². The van der Waals surface area contributed by atoms with Gasteiger partial charge in [0.1, 0.15) is 19.3 Å². The maximum Gasteiger partial charge on any atom is 0.338 e. The van der Waals surface area contributed by atoms with Crippen LogP contribution in [0, 0.1) is 0 Å². The van der Waals surface area contributed by atoms with Gasteiger partial charge in [0.2, 0.25) is 5.79 Å². The van der Waals surface area contributed by atoms with E-state index in [1.54, 1.807) is 60.7 Å². The number of rotatable bonds is 7. The molecule has 0 aromatic heterocycles. The molecule has 0 amide bonds. The van der Waals surface area contributed by atoms with Crippen molar-refractivity contribution in [3.8, 4) is 0 Å². The number of benzene rings is 2. The lowest BCUT2D eigenvalue weighted by molar-refractivity contribution is -0.251. The van der Waals surface area contributed by atoms with Gasteiger partial charge in [-0.1, -0.05) is 36.4 Å². The molecule has 0 spiro atoms. The maximum atomic E-state index is 12.1. The zero-order chi connectivity index (χ0) is 20.0. The third-order valence-electron chi connectivity index (χ3n) is 4.46. The van der Waals surface area contributed by atoms with Crippen molar-refractivity contribution in [2.24, 2.45) is 0 Å². The van der Waals surface area contributed by atoms with Gasteiger partial charge in [0.15, 0.2) is 0 Å². The van der Waals surface area contributed by atoms with E-state index in [-0.39, 0.29) is 13.0 Å². The van der Waals surface area contributed by atoms with Gasteiger partial charge in [-0.25, -0.2) is 9.59 Å². The largest absolute Gasteiger partial charge is 0.459 e. The van der Waals surface area contributed by atoms with Gasteiger partial charge in [-0.2, -0.15) is 0 Å². The van der Waals surface area contributed by atoms with E-state index in [2.05, 4.69) is 0 Å². The molecule has 0 saturated carbocycles. The van der Waals surface area contributed by atoms with Crippen molar-refractivity contribution in [3.63, 3.8) is 0 Å². The highest BCUT2D eigenvalue weighted by Crippen LogP contribution is 2.31. The van der Waals surface area contributed by atoms with Crippen molar-refractivity contribution in [1.82, 2.24) is 0 Å². The summed E-state index contributed by atoms with van der Waals surface area (Å²) >= 11 is 0. The fourth-order valence-corrected chi connectivity index (χ4v) is 3.00. The molecule has 0 bridgehead atoms. The van der Waals surface area contributed by atoms with Crippen LogP contribution >= 0.6 is 0 Å². The number of carbonyl (C=O) groups excluding carboxylic acids is 2. The average Bonchev–Trinajstić information content (AvgIpc) is 3.07. The maximum absolute atomic E-state index is 12.1. The summed E-state index contributed by atoms with van der Waals surface area (Å²) in [5.41, 5.74) is 0.794. The van der Waals surface area contributed by atoms with Gasteiger partial charge in [0, 0.05) is 13.5 Å². The van der Waals surface area contributed by atoms with Gasteiger partial charge in [-0.05, 0) is 24.3 Å². The van der Waals surface area contributed by atoms with E-state index < -0.39 is 36.5 Å². The smallest absolute Gasteiger partial charge is 0.338 e. The third-order valence-corrected chi connectivity index (χ3v) is 4.46. The van der Waals surface area contributed by atoms with Crippen molar-refractivity contribution in [2.45, 2.75) is 24.4 Å². The van der Waals surface area contributed by atoms with E-state index in [9.17, 15) is 14.7 Å². The molecule has 148 valence electrons. The summed E-state index contributed by atoms with van der Waals surface area (Å²) in [4.78, 5) is 24.1. The number of hydrogen-bond donors (Lipinski definition) is 1. The van der Waals surface area contributed by atoms with E-state index >= 15 is 0 Å². The highest BCUT2D eigenvalue weighted by atomic mass is 16.7. The Kier molecular flexibility index (Phi) is 6.41. The Balaban J connectivity index is 1.54. The zero-order valence-electron chi connectivity index (χ0n) is 15.4. The molecule has 1 aliphatic rings. The molecule has 3 rings (SSSR count). The Morgan fingerprint density at radius 1 is 1.00 bits per heavy atom. The van der Waals surface area contributed by atoms with Crippen LogP contribution in [0.5, 0.6) is 0 Å². The summed E-state index contributed by atoms with van der Waals surface area (Å²) in [6.07, 6.45) is -1.02. The van der Waals surface area contributed by atoms with E-state index in [0.29, 0.717) is 11.1 Å². The molecule has 28 heavy (non-hydrogen) atoms. The Morgan fingerprint density at radius 3 is 2.07 bits per heavy atom. The second kappa shape index (κ2) is 8.97. The van der Waals surface area contributed by atoms with Crippen LogP contribution in [0.4, 0.5) is 0 Å². The molecule has 0 aliphatic carbocycles. The number of esters is 2. The van der Waals surface area contributed by atoms with Crippen LogP contribution in [0.3, 0.4) is 0 Å². The second-order valence-corrected chi connectivity index (χ2v) is 6.45. The normalized spacial score (nSPS) is 23.9. The minimum atomic E-state index is -1.82. The quantitative estimate of drug-likeness (QED) is 0.730. The Morgan fingerprint density at radius 2 is 1.54 bits per heavy atom. The number of ether oxygens (including phenoxy) is 4. The third kappa shape index (κ3) is 4.75. The fraction of sp³-hybridized carbons (Fsp3) is 0.333. The molecule has 1 N–H and O–H groups in total. The number of carbonyl (C=O) groups is 2. The molecule has 7 heteroatoms. The van der Waals surface area contributed by atoms with E-state index in [0.717, 1.165) is 0 Å². The van der Waals surface area contributed by atoms with E-state index in [4.69, 9.17) is 18.9 Å². The molecule has 2 aromatic rings. The second-order valence-electron chi connectivity index (χ2n) is 6.45. The van der Waals surface area contributed by atoms with Crippen molar-refractivity contribution < 1.29 is 33.6 Å². The lowest BCUT2D eigenvalue weighted by Gasteiger charge is -2.27. The summed E-state index contributed by atoms with van der Waals surface area (Å²) in [5, 5.41) is 10.7. The number of aliphatic hydroxyl groups is 1. The first-order valence-electron chi connectivity index (χ1n) is 8.89. The summed E-state index contributed by atoms with van der Waals surface area (Å²) in [7, 11) is 1.43. The summed E-state index contributed by atoms with van der Waals surface area (Å²) in [6.45, 7) is -0.453. The number of methoxy groups -OCH3 is 1. The molecule has 2 aromatic carbocycles. The molecule has 0 radical (unpaired) electrons. The average molecular weight is 386 g/mol. The first kappa shape index (κ1) is 20.0. The topological polar surface area (TPSA) is 91.3 Å². The summed E-state index contributed by atoms with van der Waals surface area (Å²) < 4.78 is 21.3. The van der Waals surface area contributed by atoms with Crippen LogP contribution in [0.25, 0.3) is 0 Å². The van der Waals surface area contributed by atoms with Gasteiger partial charge < -0.3 is 24.1 Å². The van der Waals surface area contributed by atoms with Crippen LogP contribution < -0.4 is 0 Å². The fourth-order valence-electron chi connectivity index (χ4n) is 3.00. The molecule has 1 aliphatic heterocycles. The molecule has 0 unspecified atom stereocenters. The monoisotopic (exact) mass is 386 g/mol. The van der Waals surface area contributed by atoms with Gasteiger partial charge in [0.05, 0.1) is 17.2 Å². The lowest BCUT2D eigenvalue weighted by atomic mass is 10.1. The van der Waals surface area contributed by atoms with Crippen molar-refractivity contribution in [3.05, 3.63) is 71.8 Å². The molecule has 7 nitrogen and oxygen atoms in total. The standard InChI is InChI=1S/C21H22O7/c1-25-18-12-17(13-26-19(22)15-8-4-2-5-9-15)28-21(18,24)14-27-20(23)16-10-6-3-7-11-16/h2-11,17-18,24H,12-14H2,1H3/t17-,18-,21-/m0/s1. The summed E-state index contributed by atoms with van der Waals surface area (Å²) in [6, 6.07) is 17.0. The predicted molar refractivity (Wildman–Crippen MR) is 98.7 cm³/mol. The number of hydrogen-bond acceptors (Lipinski definition) is 7. The SMILES string of the molecule is CO[C@H]1C[C@@H](COC(=O)c2ccccc2)O[C@@]1(O)COC(=O)c1ccccc1. The molecule has 3 atom stereocenters. The van der Waals surface area contributed by atoms with Crippen molar-refractivity contribution >= 4 is 11.9 Å². The van der Waals surface area contributed by atoms with Crippen molar-refractivity contribution in [2.75, 3.05) is 20.3 Å². The first-order valence-corrected chi connectivity index (χ1v) is 8.89. The van der Waals surface area contributed by atoms with Gasteiger partial charge in [-0.3, -0.25) is 0 Å². The van der Waals surface area contributed by atoms with Gasteiger partial charge >= 0.3 is 11.9 Å². The molecular weight excluding hydrogens is 364 g/mol. The van der Waals surface area contributed by atoms with Crippen LogP contribution in [0.1, 0.15) is 27.1 Å². The highest BCUT2D eigenvalue weighted by Gasteiger charge is 2.49. The molecule has 1 saturated heterocycles. The molecular formula is C21H22O7. The predicted octanol–water partition coefficient (Wildman–Crippen LogP) is 2.19. The van der Waals surface area contributed by atoms with Gasteiger partial charge in [-0.15, -0.1) is 0 Å². The van der Waals surface area contributed by atoms with Crippen molar-refractivity contribution in [1.29, 1.82) is 0 Å². The lowest BCUT2D eigenvalue weighted by Crippen LogP contribution is -2.45. The van der Waals surface area contributed by atoms with E-state index in [1.165, 1.54) is 7.11 Å². The van der Waals surface area contributed by atoms with Crippen LogP contribution in [-0.4, -0.2) is 55.4 Å². The molecule has 1 fully saturated rings.